The van der Waals surface area contributed by atoms with Gasteiger partial charge in [-0.15, -0.1) is 6.58 Å². The fourth-order valence-electron chi connectivity index (χ4n) is 1.66. The van der Waals surface area contributed by atoms with Crippen molar-refractivity contribution in [2.45, 2.75) is 39.7 Å². The van der Waals surface area contributed by atoms with Crippen molar-refractivity contribution in [3.05, 3.63) is 41.7 Å². The Kier molecular flexibility index (Phi) is 5.20. The van der Waals surface area contributed by atoms with Gasteiger partial charge < -0.3 is 5.32 Å². The van der Waals surface area contributed by atoms with E-state index in [9.17, 15) is 0 Å². The molecule has 1 atom stereocenters. The van der Waals surface area contributed by atoms with Gasteiger partial charge >= 0.3 is 0 Å². The van der Waals surface area contributed by atoms with Crippen molar-refractivity contribution in [3.63, 3.8) is 0 Å². The predicted molar refractivity (Wildman–Crippen MR) is 69.4 cm³/mol. The van der Waals surface area contributed by atoms with Gasteiger partial charge in [0.15, 0.2) is 0 Å². The molecule has 1 aromatic heterocycles. The number of hydrogen-bond donors (Lipinski definition) is 1. The molecular weight excluding hydrogens is 196 g/mol. The van der Waals surface area contributed by atoms with E-state index in [1.54, 1.807) is 0 Å². The smallest absolute Gasteiger partial charge is 0.0372 e. The molecule has 0 amide bonds. The lowest BCUT2D eigenvalue weighted by Gasteiger charge is -2.18. The summed E-state index contributed by atoms with van der Waals surface area (Å²) in [6.07, 6.45) is 4.09. The molecule has 0 aromatic carbocycles. The van der Waals surface area contributed by atoms with Gasteiger partial charge in [0.1, 0.15) is 0 Å². The maximum Gasteiger partial charge on any atom is 0.0372 e. The third-order valence-corrected chi connectivity index (χ3v) is 2.53. The summed E-state index contributed by atoms with van der Waals surface area (Å²) in [6.45, 7) is 11.3. The largest absolute Gasteiger partial charge is 0.310 e. The zero-order chi connectivity index (χ0) is 12.0. The Bertz CT molecular complexity index is 327. The van der Waals surface area contributed by atoms with Crippen molar-refractivity contribution in [2.24, 2.45) is 0 Å². The minimum Gasteiger partial charge on any atom is -0.310 e. The molecule has 1 rings (SSSR count). The van der Waals surface area contributed by atoms with E-state index in [1.807, 2.05) is 13.1 Å². The molecule has 2 nitrogen and oxygen atoms in total. The SMILES string of the molecule is C=C(C)CC(NCCC)c1ccc(C)nc1. The van der Waals surface area contributed by atoms with E-state index in [0.29, 0.717) is 6.04 Å². The van der Waals surface area contributed by atoms with E-state index >= 15 is 0 Å². The van der Waals surface area contributed by atoms with Crippen LogP contribution in [0.3, 0.4) is 0 Å². The van der Waals surface area contributed by atoms with Gasteiger partial charge in [-0.2, -0.15) is 0 Å². The molecule has 1 heterocycles. The van der Waals surface area contributed by atoms with Crippen LogP contribution in [-0.4, -0.2) is 11.5 Å². The van der Waals surface area contributed by atoms with Crippen molar-refractivity contribution in [2.75, 3.05) is 6.54 Å². The molecule has 0 saturated heterocycles. The average molecular weight is 218 g/mol. The quantitative estimate of drug-likeness (QED) is 0.740. The first-order valence-electron chi connectivity index (χ1n) is 5.93. The first-order valence-corrected chi connectivity index (χ1v) is 5.93. The highest BCUT2D eigenvalue weighted by atomic mass is 14.9. The second-order valence-corrected chi connectivity index (χ2v) is 4.40. The van der Waals surface area contributed by atoms with E-state index in [4.69, 9.17) is 0 Å². The molecule has 0 radical (unpaired) electrons. The van der Waals surface area contributed by atoms with Crippen LogP contribution in [0.1, 0.15) is 44.0 Å². The molecule has 88 valence electrons. The number of nitrogens with one attached hydrogen (secondary N) is 1. The number of nitrogens with zero attached hydrogens (tertiary/aromatic N) is 1. The minimum atomic E-state index is 0.352. The predicted octanol–water partition coefficient (Wildman–Crippen LogP) is 3.40. The molecule has 16 heavy (non-hydrogen) atoms. The molecule has 0 aliphatic heterocycles. The Balaban J connectivity index is 2.74. The summed E-state index contributed by atoms with van der Waals surface area (Å²) in [5.74, 6) is 0. The van der Waals surface area contributed by atoms with Crippen LogP contribution in [0.4, 0.5) is 0 Å². The van der Waals surface area contributed by atoms with Gasteiger partial charge in [-0.05, 0) is 44.9 Å². The lowest BCUT2D eigenvalue weighted by Crippen LogP contribution is -2.22. The fraction of sp³-hybridized carbons (Fsp3) is 0.500. The molecular formula is C14H22N2. The molecule has 1 aromatic rings. The van der Waals surface area contributed by atoms with Gasteiger partial charge in [0.25, 0.3) is 0 Å². The summed E-state index contributed by atoms with van der Waals surface area (Å²) < 4.78 is 0. The first-order chi connectivity index (χ1) is 7.63. The van der Waals surface area contributed by atoms with Crippen molar-refractivity contribution < 1.29 is 0 Å². The van der Waals surface area contributed by atoms with E-state index in [1.165, 1.54) is 11.1 Å². The number of pyridine rings is 1. The average Bonchev–Trinajstić information content (AvgIpc) is 2.25. The Labute approximate surface area is 98.8 Å². The van der Waals surface area contributed by atoms with Gasteiger partial charge in [-0.3, -0.25) is 4.98 Å². The Morgan fingerprint density at radius 2 is 2.25 bits per heavy atom. The van der Waals surface area contributed by atoms with Gasteiger partial charge in [0.05, 0.1) is 0 Å². The van der Waals surface area contributed by atoms with E-state index < -0.39 is 0 Å². The second-order valence-electron chi connectivity index (χ2n) is 4.40. The van der Waals surface area contributed by atoms with Crippen LogP contribution < -0.4 is 5.32 Å². The summed E-state index contributed by atoms with van der Waals surface area (Å²) in [7, 11) is 0. The van der Waals surface area contributed by atoms with Crippen LogP contribution in [-0.2, 0) is 0 Å². The monoisotopic (exact) mass is 218 g/mol. The zero-order valence-corrected chi connectivity index (χ0v) is 10.6. The molecule has 1 N–H and O–H groups in total. The van der Waals surface area contributed by atoms with Gasteiger partial charge in [-0.25, -0.2) is 0 Å². The number of hydrogen-bond acceptors (Lipinski definition) is 2. The minimum absolute atomic E-state index is 0.352. The number of aryl methyl sites for hydroxylation is 1. The molecule has 1 unspecified atom stereocenters. The summed E-state index contributed by atoms with van der Waals surface area (Å²) in [5, 5.41) is 3.54. The third kappa shape index (κ3) is 4.15. The van der Waals surface area contributed by atoms with Crippen molar-refractivity contribution in [1.82, 2.24) is 10.3 Å². The van der Waals surface area contributed by atoms with Crippen LogP contribution >= 0.6 is 0 Å². The molecule has 0 spiro atoms. The van der Waals surface area contributed by atoms with Crippen molar-refractivity contribution in [1.29, 1.82) is 0 Å². The van der Waals surface area contributed by atoms with Gasteiger partial charge in [0, 0.05) is 17.9 Å². The second kappa shape index (κ2) is 6.44. The zero-order valence-electron chi connectivity index (χ0n) is 10.6. The molecule has 0 aliphatic carbocycles. The Morgan fingerprint density at radius 1 is 1.50 bits per heavy atom. The topological polar surface area (TPSA) is 24.9 Å². The highest BCUT2D eigenvalue weighted by molar-refractivity contribution is 5.19. The molecule has 2 heteroatoms. The number of rotatable bonds is 6. The first kappa shape index (κ1) is 12.9. The van der Waals surface area contributed by atoms with Crippen LogP contribution in [0.25, 0.3) is 0 Å². The number of aromatic nitrogens is 1. The molecule has 0 aliphatic rings. The van der Waals surface area contributed by atoms with Crippen LogP contribution in [0.5, 0.6) is 0 Å². The maximum atomic E-state index is 4.35. The van der Waals surface area contributed by atoms with Gasteiger partial charge in [0.2, 0.25) is 0 Å². The van der Waals surface area contributed by atoms with E-state index in [2.05, 4.69) is 42.9 Å². The van der Waals surface area contributed by atoms with Crippen molar-refractivity contribution in [3.8, 4) is 0 Å². The lowest BCUT2D eigenvalue weighted by molar-refractivity contribution is 0.526. The summed E-state index contributed by atoms with van der Waals surface area (Å²) in [4.78, 5) is 4.35. The van der Waals surface area contributed by atoms with Crippen molar-refractivity contribution >= 4 is 0 Å². The Hall–Kier alpha value is -1.15. The normalized spacial score (nSPS) is 12.4. The third-order valence-electron chi connectivity index (χ3n) is 2.53. The highest BCUT2D eigenvalue weighted by Crippen LogP contribution is 2.19. The maximum absolute atomic E-state index is 4.35. The Morgan fingerprint density at radius 3 is 2.75 bits per heavy atom. The van der Waals surface area contributed by atoms with Crippen LogP contribution in [0.15, 0.2) is 30.5 Å². The summed E-state index contributed by atoms with van der Waals surface area (Å²) in [6, 6.07) is 4.57. The van der Waals surface area contributed by atoms with E-state index in [-0.39, 0.29) is 0 Å². The van der Waals surface area contributed by atoms with E-state index in [0.717, 1.165) is 25.1 Å². The van der Waals surface area contributed by atoms with Crippen LogP contribution in [0, 0.1) is 6.92 Å². The standard InChI is InChI=1S/C14H22N2/c1-5-8-15-14(9-11(2)3)13-7-6-12(4)16-10-13/h6-7,10,14-15H,2,5,8-9H2,1,3-4H3. The molecule has 0 saturated carbocycles. The molecule has 0 bridgehead atoms. The lowest BCUT2D eigenvalue weighted by atomic mass is 10.0. The fourth-order valence-corrected chi connectivity index (χ4v) is 1.66. The summed E-state index contributed by atoms with van der Waals surface area (Å²) >= 11 is 0. The highest BCUT2D eigenvalue weighted by Gasteiger charge is 2.10. The van der Waals surface area contributed by atoms with Crippen LogP contribution in [0.2, 0.25) is 0 Å². The molecule has 0 fully saturated rings. The van der Waals surface area contributed by atoms with Gasteiger partial charge in [-0.1, -0.05) is 18.6 Å². The summed E-state index contributed by atoms with van der Waals surface area (Å²) in [5.41, 5.74) is 3.52.